The Morgan fingerprint density at radius 3 is 2.86 bits per heavy atom. The lowest BCUT2D eigenvalue weighted by Gasteiger charge is -2.16. The second-order valence-electron chi connectivity index (χ2n) is 5.42. The van der Waals surface area contributed by atoms with Gasteiger partial charge in [-0.3, -0.25) is 4.99 Å². The van der Waals surface area contributed by atoms with Crippen LogP contribution in [0.25, 0.3) is 0 Å². The molecule has 1 aromatic heterocycles. The predicted molar refractivity (Wildman–Crippen MR) is 91.8 cm³/mol. The lowest BCUT2D eigenvalue weighted by molar-refractivity contribution is 0.435. The van der Waals surface area contributed by atoms with Crippen molar-refractivity contribution in [3.8, 4) is 6.07 Å². The molecule has 0 aromatic carbocycles. The van der Waals surface area contributed by atoms with Crippen LogP contribution in [0.2, 0.25) is 0 Å². The zero-order valence-electron chi connectivity index (χ0n) is 13.0. The highest BCUT2D eigenvalue weighted by molar-refractivity contribution is 7.10. The summed E-state index contributed by atoms with van der Waals surface area (Å²) in [5.41, 5.74) is 6.01. The molecule has 1 aromatic rings. The van der Waals surface area contributed by atoms with Gasteiger partial charge in [-0.15, -0.1) is 0 Å². The van der Waals surface area contributed by atoms with Gasteiger partial charge in [-0.2, -0.15) is 15.0 Å². The highest BCUT2D eigenvalue weighted by atomic mass is 32.1. The van der Waals surface area contributed by atoms with Gasteiger partial charge in [0.05, 0.1) is 6.04 Å². The first-order valence-corrected chi connectivity index (χ1v) is 8.72. The quantitative estimate of drug-likeness (QED) is 0.844. The molecule has 0 radical (unpaired) electrons. The van der Waals surface area contributed by atoms with E-state index in [-0.39, 0.29) is 0 Å². The molecule has 1 aliphatic carbocycles. The van der Waals surface area contributed by atoms with Gasteiger partial charge >= 0.3 is 0 Å². The predicted octanol–water partition coefficient (Wildman–Crippen LogP) is 3.43. The fourth-order valence-electron chi connectivity index (χ4n) is 2.45. The number of aromatic nitrogens is 1. The molecule has 0 atom stereocenters. The lowest BCUT2D eigenvalue weighted by atomic mass is 9.96. The van der Waals surface area contributed by atoms with Gasteiger partial charge in [0.15, 0.2) is 10.7 Å². The van der Waals surface area contributed by atoms with E-state index in [0.717, 1.165) is 30.5 Å². The van der Waals surface area contributed by atoms with Crippen molar-refractivity contribution < 1.29 is 0 Å². The van der Waals surface area contributed by atoms with Crippen LogP contribution in [0.3, 0.4) is 0 Å². The van der Waals surface area contributed by atoms with Crippen LogP contribution >= 0.6 is 11.3 Å². The zero-order valence-corrected chi connectivity index (χ0v) is 13.9. The Labute approximate surface area is 135 Å². The molecule has 22 heavy (non-hydrogen) atoms. The Hall–Kier alpha value is -1.87. The molecule has 1 heterocycles. The maximum Gasteiger partial charge on any atom is 0.209 e. The van der Waals surface area contributed by atoms with Crippen LogP contribution in [0.1, 0.15) is 56.7 Å². The van der Waals surface area contributed by atoms with Crippen molar-refractivity contribution in [1.29, 1.82) is 5.26 Å². The molecule has 0 bridgehead atoms. The summed E-state index contributed by atoms with van der Waals surface area (Å²) in [5.74, 6) is 0.377. The molecule has 1 saturated carbocycles. The van der Waals surface area contributed by atoms with Crippen LogP contribution in [0.15, 0.2) is 22.2 Å². The monoisotopic (exact) mass is 317 g/mol. The first-order chi connectivity index (χ1) is 10.8. The molecular weight excluding hydrogens is 294 g/mol. The Kier molecular flexibility index (Phi) is 6.41. The van der Waals surface area contributed by atoms with E-state index >= 15 is 0 Å². The molecule has 0 unspecified atom stereocenters. The highest BCUT2D eigenvalue weighted by Crippen LogP contribution is 2.21. The second kappa shape index (κ2) is 8.54. The molecule has 5 nitrogen and oxygen atoms in total. The topological polar surface area (TPSA) is 79.5 Å². The van der Waals surface area contributed by atoms with Gasteiger partial charge in [0.1, 0.15) is 6.07 Å². The normalized spacial score (nSPS) is 17.5. The molecular formula is C16H23N5S. The van der Waals surface area contributed by atoms with Crippen LogP contribution in [-0.2, 0) is 0 Å². The Balaban J connectivity index is 2.28. The molecule has 0 saturated heterocycles. The van der Waals surface area contributed by atoms with Crippen molar-refractivity contribution in [3.63, 3.8) is 0 Å². The molecule has 118 valence electrons. The van der Waals surface area contributed by atoms with Gasteiger partial charge in [-0.1, -0.05) is 50.0 Å². The van der Waals surface area contributed by atoms with E-state index in [1.165, 1.54) is 30.6 Å². The first kappa shape index (κ1) is 16.5. The van der Waals surface area contributed by atoms with Gasteiger partial charge in [0.2, 0.25) is 4.80 Å². The molecule has 2 rings (SSSR count). The third-order valence-corrected chi connectivity index (χ3v) is 4.63. The summed E-state index contributed by atoms with van der Waals surface area (Å²) in [6.07, 6.45) is 13.8. The molecule has 1 fully saturated rings. The summed E-state index contributed by atoms with van der Waals surface area (Å²) in [6.45, 7) is 2.13. The maximum atomic E-state index is 9.16. The molecule has 0 spiro atoms. The van der Waals surface area contributed by atoms with Crippen LogP contribution in [0, 0.1) is 11.3 Å². The van der Waals surface area contributed by atoms with Crippen molar-refractivity contribution in [2.24, 2.45) is 10.1 Å². The number of nitrogen functional groups attached to an aromatic ring is 1. The minimum atomic E-state index is 0.329. The number of nitriles is 1. The van der Waals surface area contributed by atoms with Crippen molar-refractivity contribution >= 4 is 23.4 Å². The van der Waals surface area contributed by atoms with Crippen LogP contribution < -0.4 is 10.5 Å². The van der Waals surface area contributed by atoms with Gasteiger partial charge < -0.3 is 5.73 Å². The molecule has 0 aliphatic heterocycles. The third-order valence-electron chi connectivity index (χ3n) is 3.66. The van der Waals surface area contributed by atoms with Crippen molar-refractivity contribution in [1.82, 2.24) is 4.68 Å². The number of nitrogens with zero attached hydrogens (tertiary/aromatic N) is 4. The van der Waals surface area contributed by atoms with Crippen molar-refractivity contribution in [2.75, 3.05) is 5.73 Å². The zero-order chi connectivity index (χ0) is 15.8. The minimum absolute atomic E-state index is 0.329. The standard InChI is InChI=1S/C16H23N5S/c1-2-3-4-8-11-19-21-15(18)14(12-17)22-16(21)20-13-9-6-5-7-10-13/h4,8,11,13H,2-3,5-7,9-10,18H2,1H3/b8-4+,19-11-,20-16?. The maximum absolute atomic E-state index is 9.16. The van der Waals surface area contributed by atoms with Crippen LogP contribution in [0.4, 0.5) is 5.82 Å². The molecule has 1 aliphatic rings. The molecule has 6 heteroatoms. The smallest absolute Gasteiger partial charge is 0.209 e. The number of nitrogens with two attached hydrogens (primary N) is 1. The van der Waals surface area contributed by atoms with E-state index < -0.39 is 0 Å². The van der Waals surface area contributed by atoms with E-state index in [1.54, 1.807) is 10.9 Å². The number of unbranched alkanes of at least 4 members (excludes halogenated alkanes) is 1. The second-order valence-corrected chi connectivity index (χ2v) is 6.40. The SMILES string of the molecule is CCC/C=C/C=N\n1c(N)c(C#N)sc1=NC1CCCCC1. The van der Waals surface area contributed by atoms with Gasteiger partial charge in [0.25, 0.3) is 0 Å². The van der Waals surface area contributed by atoms with Crippen molar-refractivity contribution in [2.45, 2.75) is 57.9 Å². The minimum Gasteiger partial charge on any atom is -0.382 e. The van der Waals surface area contributed by atoms with Gasteiger partial charge in [-0.05, 0) is 25.3 Å². The van der Waals surface area contributed by atoms with E-state index in [0.29, 0.717) is 16.7 Å². The third kappa shape index (κ3) is 4.31. The summed E-state index contributed by atoms with van der Waals surface area (Å²) in [7, 11) is 0. The van der Waals surface area contributed by atoms with E-state index in [4.69, 9.17) is 16.0 Å². The summed E-state index contributed by atoms with van der Waals surface area (Å²) in [4.78, 5) is 5.97. The molecule has 0 amide bonds. The fourth-order valence-corrected chi connectivity index (χ4v) is 3.31. The van der Waals surface area contributed by atoms with Gasteiger partial charge in [-0.25, -0.2) is 0 Å². The van der Waals surface area contributed by atoms with Crippen LogP contribution in [0.5, 0.6) is 0 Å². The number of hydrogen-bond acceptors (Lipinski definition) is 5. The van der Waals surface area contributed by atoms with Crippen LogP contribution in [-0.4, -0.2) is 16.9 Å². The van der Waals surface area contributed by atoms with Gasteiger partial charge in [0, 0.05) is 6.21 Å². The Morgan fingerprint density at radius 1 is 1.41 bits per heavy atom. The summed E-state index contributed by atoms with van der Waals surface area (Å²) in [5, 5.41) is 13.5. The number of thiazole rings is 1. The Morgan fingerprint density at radius 2 is 2.18 bits per heavy atom. The van der Waals surface area contributed by atoms with E-state index in [1.807, 2.05) is 6.08 Å². The van der Waals surface area contributed by atoms with E-state index in [2.05, 4.69) is 24.2 Å². The average Bonchev–Trinajstić information content (AvgIpc) is 2.84. The number of anilines is 1. The van der Waals surface area contributed by atoms with Crippen molar-refractivity contribution in [3.05, 3.63) is 21.8 Å². The highest BCUT2D eigenvalue weighted by Gasteiger charge is 2.14. The number of allylic oxidation sites excluding steroid dienone is 2. The summed E-state index contributed by atoms with van der Waals surface area (Å²) in [6, 6.07) is 2.45. The molecule has 2 N–H and O–H groups in total. The largest absolute Gasteiger partial charge is 0.382 e. The number of hydrogen-bond donors (Lipinski definition) is 1. The fraction of sp³-hybridized carbons (Fsp3) is 0.562. The number of rotatable bonds is 5. The average molecular weight is 317 g/mol. The summed E-state index contributed by atoms with van der Waals surface area (Å²) >= 11 is 1.32. The Bertz CT molecular complexity index is 638. The summed E-state index contributed by atoms with van der Waals surface area (Å²) < 4.78 is 1.59. The van der Waals surface area contributed by atoms with E-state index in [9.17, 15) is 0 Å². The first-order valence-electron chi connectivity index (χ1n) is 7.91. The lowest BCUT2D eigenvalue weighted by Crippen LogP contribution is -2.19.